The number of amides is 2. The number of anilines is 2. The van der Waals surface area contributed by atoms with Crippen molar-refractivity contribution in [1.29, 1.82) is 0 Å². The number of aromatic nitrogens is 1. The number of hydrogen-bond donors (Lipinski definition) is 2. The van der Waals surface area contributed by atoms with Crippen LogP contribution in [0.5, 0.6) is 0 Å². The molecule has 7 heteroatoms. The van der Waals surface area contributed by atoms with E-state index in [9.17, 15) is 9.59 Å². The lowest BCUT2D eigenvalue weighted by molar-refractivity contribution is -0.143. The summed E-state index contributed by atoms with van der Waals surface area (Å²) in [5.41, 5.74) is 1.46. The molecule has 0 aliphatic heterocycles. The molecule has 22 heavy (non-hydrogen) atoms. The predicted octanol–water partition coefficient (Wildman–Crippen LogP) is 3.28. The van der Waals surface area contributed by atoms with Gasteiger partial charge in [-0.1, -0.05) is 18.2 Å². The number of carbonyl (C=O) groups excluding carboxylic acids is 2. The van der Waals surface area contributed by atoms with Crippen molar-refractivity contribution in [2.24, 2.45) is 0 Å². The fourth-order valence-electron chi connectivity index (χ4n) is 1.72. The molecule has 2 N–H and O–H groups in total. The van der Waals surface area contributed by atoms with Crippen LogP contribution in [-0.2, 0) is 16.0 Å². The molecule has 0 bridgehead atoms. The van der Waals surface area contributed by atoms with Gasteiger partial charge in [0.15, 0.2) is 5.13 Å². The van der Waals surface area contributed by atoms with Gasteiger partial charge in [-0.15, -0.1) is 11.3 Å². The second kappa shape index (κ2) is 8.14. The van der Waals surface area contributed by atoms with Gasteiger partial charge in [-0.05, 0) is 19.1 Å². The van der Waals surface area contributed by atoms with E-state index in [1.165, 1.54) is 11.3 Å². The van der Waals surface area contributed by atoms with E-state index >= 15 is 0 Å². The highest BCUT2D eigenvalue weighted by molar-refractivity contribution is 7.13. The Labute approximate surface area is 132 Å². The minimum atomic E-state index is -0.350. The van der Waals surface area contributed by atoms with Crippen LogP contribution in [0.15, 0.2) is 35.7 Å². The number of carbonyl (C=O) groups is 2. The van der Waals surface area contributed by atoms with E-state index in [1.54, 1.807) is 19.1 Å². The number of ether oxygens (including phenoxy) is 1. The maximum absolute atomic E-state index is 11.8. The Bertz CT molecular complexity index is 628. The highest BCUT2D eigenvalue weighted by atomic mass is 32.1. The number of esters is 1. The van der Waals surface area contributed by atoms with Crippen molar-refractivity contribution in [3.63, 3.8) is 0 Å². The fourth-order valence-corrected chi connectivity index (χ4v) is 2.46. The second-order valence-corrected chi connectivity index (χ2v) is 5.25. The first-order valence-corrected chi connectivity index (χ1v) is 7.78. The molecule has 0 unspecified atom stereocenters. The number of urea groups is 1. The van der Waals surface area contributed by atoms with Crippen LogP contribution in [0.25, 0.3) is 0 Å². The number of nitrogens with zero attached hydrogens (tertiary/aromatic N) is 1. The van der Waals surface area contributed by atoms with Gasteiger partial charge in [-0.25, -0.2) is 9.78 Å². The molecule has 0 saturated carbocycles. The van der Waals surface area contributed by atoms with E-state index in [1.807, 2.05) is 23.6 Å². The van der Waals surface area contributed by atoms with Crippen molar-refractivity contribution < 1.29 is 14.3 Å². The molecule has 1 aromatic heterocycles. The molecule has 2 amide bonds. The average molecular weight is 319 g/mol. The molecule has 0 spiro atoms. The van der Waals surface area contributed by atoms with Crippen LogP contribution >= 0.6 is 11.3 Å². The third-order valence-corrected chi connectivity index (χ3v) is 3.50. The average Bonchev–Trinajstić information content (AvgIpc) is 2.94. The minimum absolute atomic E-state index is 0.244. The Morgan fingerprint density at radius 2 is 2.00 bits per heavy atom. The quantitative estimate of drug-likeness (QED) is 0.801. The molecule has 0 aliphatic rings. The molecular weight excluding hydrogens is 302 g/mol. The molecule has 0 radical (unpaired) electrons. The molecule has 2 rings (SSSR count). The van der Waals surface area contributed by atoms with Gasteiger partial charge in [0.2, 0.25) is 0 Å². The van der Waals surface area contributed by atoms with E-state index in [0.717, 1.165) is 5.69 Å². The number of aryl methyl sites for hydroxylation is 1. The Hall–Kier alpha value is -2.41. The largest absolute Gasteiger partial charge is 0.466 e. The van der Waals surface area contributed by atoms with Crippen LogP contribution in [0.4, 0.5) is 15.6 Å². The van der Waals surface area contributed by atoms with Crippen LogP contribution < -0.4 is 10.6 Å². The smallest absolute Gasteiger partial charge is 0.325 e. The molecule has 0 fully saturated rings. The van der Waals surface area contributed by atoms with Gasteiger partial charge in [-0.2, -0.15) is 0 Å². The third kappa shape index (κ3) is 5.17. The molecule has 0 saturated heterocycles. The van der Waals surface area contributed by atoms with Gasteiger partial charge in [0.25, 0.3) is 0 Å². The summed E-state index contributed by atoms with van der Waals surface area (Å²) < 4.78 is 4.86. The zero-order valence-electron chi connectivity index (χ0n) is 12.2. The van der Waals surface area contributed by atoms with Crippen molar-refractivity contribution >= 4 is 34.2 Å². The summed E-state index contributed by atoms with van der Waals surface area (Å²) in [6, 6.07) is 8.80. The van der Waals surface area contributed by atoms with Gasteiger partial charge < -0.3 is 10.1 Å². The summed E-state index contributed by atoms with van der Waals surface area (Å²) >= 11 is 1.32. The Kier molecular flexibility index (Phi) is 5.91. The third-order valence-electron chi connectivity index (χ3n) is 2.69. The van der Waals surface area contributed by atoms with E-state index in [4.69, 9.17) is 4.74 Å². The summed E-state index contributed by atoms with van der Waals surface area (Å²) in [5, 5.41) is 7.68. The first kappa shape index (κ1) is 16.0. The van der Waals surface area contributed by atoms with Crippen molar-refractivity contribution in [3.8, 4) is 0 Å². The zero-order valence-corrected chi connectivity index (χ0v) is 13.0. The van der Waals surface area contributed by atoms with Crippen LogP contribution in [0, 0.1) is 0 Å². The molecule has 6 nitrogen and oxygen atoms in total. The van der Waals surface area contributed by atoms with Crippen molar-refractivity contribution in [2.75, 3.05) is 17.2 Å². The van der Waals surface area contributed by atoms with E-state index in [0.29, 0.717) is 23.8 Å². The second-order valence-electron chi connectivity index (χ2n) is 4.39. The fraction of sp³-hybridized carbons (Fsp3) is 0.267. The zero-order chi connectivity index (χ0) is 15.8. The van der Waals surface area contributed by atoms with Crippen LogP contribution in [-0.4, -0.2) is 23.6 Å². The number of rotatable bonds is 6. The molecule has 116 valence electrons. The SMILES string of the molecule is CCOC(=O)CCc1csc(NC(=O)Nc2ccccc2)n1. The Morgan fingerprint density at radius 1 is 1.23 bits per heavy atom. The molecular formula is C15H17N3O3S. The van der Waals surface area contributed by atoms with Gasteiger partial charge >= 0.3 is 12.0 Å². The van der Waals surface area contributed by atoms with Crippen LogP contribution in [0.1, 0.15) is 19.0 Å². The predicted molar refractivity (Wildman–Crippen MR) is 86.2 cm³/mol. The van der Waals surface area contributed by atoms with Crippen molar-refractivity contribution in [1.82, 2.24) is 4.98 Å². The maximum atomic E-state index is 11.8. The highest BCUT2D eigenvalue weighted by Gasteiger charge is 2.09. The molecule has 0 atom stereocenters. The topological polar surface area (TPSA) is 80.3 Å². The first-order chi connectivity index (χ1) is 10.7. The molecule has 2 aromatic rings. The molecule has 1 aromatic carbocycles. The number of thiazole rings is 1. The lowest BCUT2D eigenvalue weighted by atomic mass is 10.2. The van der Waals surface area contributed by atoms with Crippen LogP contribution in [0.3, 0.4) is 0 Å². The highest BCUT2D eigenvalue weighted by Crippen LogP contribution is 2.17. The molecule has 1 heterocycles. The lowest BCUT2D eigenvalue weighted by Crippen LogP contribution is -2.19. The van der Waals surface area contributed by atoms with Crippen molar-refractivity contribution in [2.45, 2.75) is 19.8 Å². The number of para-hydroxylation sites is 1. The van der Waals surface area contributed by atoms with E-state index in [2.05, 4.69) is 15.6 Å². The summed E-state index contributed by atoms with van der Waals surface area (Å²) in [4.78, 5) is 27.4. The number of hydrogen-bond acceptors (Lipinski definition) is 5. The minimum Gasteiger partial charge on any atom is -0.466 e. The van der Waals surface area contributed by atoms with Gasteiger partial charge in [0, 0.05) is 17.5 Å². The van der Waals surface area contributed by atoms with Crippen molar-refractivity contribution in [3.05, 3.63) is 41.4 Å². The number of nitrogens with one attached hydrogen (secondary N) is 2. The van der Waals surface area contributed by atoms with E-state index < -0.39 is 0 Å². The standard InChI is InChI=1S/C15H17N3O3S/c1-2-21-13(19)9-8-12-10-22-15(17-12)18-14(20)16-11-6-4-3-5-7-11/h3-7,10H,2,8-9H2,1H3,(H2,16,17,18,20). The summed E-state index contributed by atoms with van der Waals surface area (Å²) in [6.07, 6.45) is 0.782. The monoisotopic (exact) mass is 319 g/mol. The van der Waals surface area contributed by atoms with Gasteiger partial charge in [0.05, 0.1) is 18.7 Å². The molecule has 0 aliphatic carbocycles. The summed E-state index contributed by atoms with van der Waals surface area (Å²) in [7, 11) is 0. The lowest BCUT2D eigenvalue weighted by Gasteiger charge is -2.04. The van der Waals surface area contributed by atoms with Gasteiger partial charge in [-0.3, -0.25) is 10.1 Å². The maximum Gasteiger partial charge on any atom is 0.325 e. The van der Waals surface area contributed by atoms with Gasteiger partial charge in [0.1, 0.15) is 0 Å². The Morgan fingerprint density at radius 3 is 2.73 bits per heavy atom. The summed E-state index contributed by atoms with van der Waals surface area (Å²) in [6.45, 7) is 2.15. The summed E-state index contributed by atoms with van der Waals surface area (Å²) in [5.74, 6) is -0.244. The van der Waals surface area contributed by atoms with E-state index in [-0.39, 0.29) is 18.4 Å². The van der Waals surface area contributed by atoms with Crippen LogP contribution in [0.2, 0.25) is 0 Å². The first-order valence-electron chi connectivity index (χ1n) is 6.90. The Balaban J connectivity index is 1.81. The normalized spacial score (nSPS) is 10.0. The number of benzene rings is 1.